The normalized spacial score (nSPS) is 10.0. The first-order chi connectivity index (χ1) is 11.2. The Labute approximate surface area is 136 Å². The van der Waals surface area contributed by atoms with Gasteiger partial charge in [-0.25, -0.2) is 4.79 Å². The van der Waals surface area contributed by atoms with Gasteiger partial charge in [-0.2, -0.15) is 0 Å². The first-order valence-corrected chi connectivity index (χ1v) is 7.65. The van der Waals surface area contributed by atoms with Crippen LogP contribution in [0, 0.1) is 6.92 Å². The largest absolute Gasteiger partial charge is 0.492 e. The maximum absolute atomic E-state index is 11.9. The molecule has 0 saturated carbocycles. The summed E-state index contributed by atoms with van der Waals surface area (Å²) in [4.78, 5) is 11.9. The van der Waals surface area contributed by atoms with E-state index in [9.17, 15) is 4.79 Å². The number of carbonyl (C=O) groups is 1. The van der Waals surface area contributed by atoms with Crippen LogP contribution in [0.5, 0.6) is 11.5 Å². The molecular formula is C18H22N2O3. The van der Waals surface area contributed by atoms with Gasteiger partial charge in [-0.15, -0.1) is 0 Å². The molecule has 0 fully saturated rings. The van der Waals surface area contributed by atoms with Crippen molar-refractivity contribution in [1.82, 2.24) is 5.32 Å². The Bertz CT molecular complexity index is 644. The van der Waals surface area contributed by atoms with E-state index in [0.717, 1.165) is 11.3 Å². The second-order valence-electron chi connectivity index (χ2n) is 4.98. The summed E-state index contributed by atoms with van der Waals surface area (Å²) in [6.07, 6.45) is 0. The quantitative estimate of drug-likeness (QED) is 0.768. The summed E-state index contributed by atoms with van der Waals surface area (Å²) in [5.74, 6) is 1.45. The lowest BCUT2D eigenvalue weighted by Crippen LogP contribution is -2.32. The van der Waals surface area contributed by atoms with E-state index in [1.807, 2.05) is 56.3 Å². The number of ether oxygens (including phenoxy) is 2. The van der Waals surface area contributed by atoms with Crippen molar-refractivity contribution < 1.29 is 14.3 Å². The fraction of sp³-hybridized carbons (Fsp3) is 0.278. The predicted octanol–water partition coefficient (Wildman–Crippen LogP) is 3.59. The van der Waals surface area contributed by atoms with Gasteiger partial charge in [0.1, 0.15) is 18.1 Å². The predicted molar refractivity (Wildman–Crippen MR) is 91.3 cm³/mol. The minimum atomic E-state index is -0.287. The lowest BCUT2D eigenvalue weighted by Gasteiger charge is -2.12. The summed E-state index contributed by atoms with van der Waals surface area (Å²) in [7, 11) is 0. The number of carbonyl (C=O) groups excluding carboxylic acids is 1. The van der Waals surface area contributed by atoms with Gasteiger partial charge in [-0.05, 0) is 43.7 Å². The monoisotopic (exact) mass is 314 g/mol. The smallest absolute Gasteiger partial charge is 0.319 e. The highest BCUT2D eigenvalue weighted by atomic mass is 16.5. The van der Waals surface area contributed by atoms with E-state index < -0.39 is 0 Å². The molecule has 0 aliphatic rings. The lowest BCUT2D eigenvalue weighted by molar-refractivity contribution is 0.247. The molecule has 2 aromatic carbocycles. The summed E-state index contributed by atoms with van der Waals surface area (Å²) in [6.45, 7) is 5.28. The third kappa shape index (κ3) is 5.54. The van der Waals surface area contributed by atoms with Crippen molar-refractivity contribution in [2.24, 2.45) is 0 Å². The van der Waals surface area contributed by atoms with Crippen LogP contribution in [-0.4, -0.2) is 25.8 Å². The zero-order chi connectivity index (χ0) is 16.5. The zero-order valence-corrected chi connectivity index (χ0v) is 13.5. The lowest BCUT2D eigenvalue weighted by atomic mass is 10.2. The fourth-order valence-corrected chi connectivity index (χ4v) is 2.06. The Morgan fingerprint density at radius 2 is 1.91 bits per heavy atom. The molecule has 5 nitrogen and oxygen atoms in total. The van der Waals surface area contributed by atoms with Gasteiger partial charge in [0.15, 0.2) is 0 Å². The maximum atomic E-state index is 11.9. The number of nitrogens with one attached hydrogen (secondary N) is 2. The maximum Gasteiger partial charge on any atom is 0.319 e. The van der Waals surface area contributed by atoms with Crippen LogP contribution in [-0.2, 0) is 0 Å². The van der Waals surface area contributed by atoms with Crippen molar-refractivity contribution in [3.8, 4) is 11.5 Å². The molecule has 0 unspecified atom stereocenters. The van der Waals surface area contributed by atoms with Crippen molar-refractivity contribution in [3.63, 3.8) is 0 Å². The number of amides is 2. The van der Waals surface area contributed by atoms with E-state index in [0.29, 0.717) is 31.2 Å². The molecule has 0 aliphatic carbocycles. The summed E-state index contributed by atoms with van der Waals surface area (Å²) in [6, 6.07) is 14.8. The molecule has 23 heavy (non-hydrogen) atoms. The number of rotatable bonds is 7. The number of hydrogen-bond acceptors (Lipinski definition) is 3. The Kier molecular flexibility index (Phi) is 6.29. The van der Waals surface area contributed by atoms with E-state index >= 15 is 0 Å². The SMILES string of the molecule is CCOc1ccccc1NC(=O)NCCOc1cccc(C)c1. The minimum Gasteiger partial charge on any atom is -0.492 e. The Morgan fingerprint density at radius 1 is 1.09 bits per heavy atom. The van der Waals surface area contributed by atoms with Crippen LogP contribution in [0.15, 0.2) is 48.5 Å². The summed E-state index contributed by atoms with van der Waals surface area (Å²) < 4.78 is 11.0. The Morgan fingerprint density at radius 3 is 2.70 bits per heavy atom. The highest BCUT2D eigenvalue weighted by molar-refractivity contribution is 5.90. The molecule has 5 heteroatoms. The molecule has 0 radical (unpaired) electrons. The van der Waals surface area contributed by atoms with Crippen molar-refractivity contribution in [2.45, 2.75) is 13.8 Å². The molecular weight excluding hydrogens is 292 g/mol. The summed E-state index contributed by atoms with van der Waals surface area (Å²) >= 11 is 0. The number of urea groups is 1. The number of benzene rings is 2. The van der Waals surface area contributed by atoms with Gasteiger partial charge in [-0.3, -0.25) is 0 Å². The number of hydrogen-bond donors (Lipinski definition) is 2. The second-order valence-corrected chi connectivity index (χ2v) is 4.98. The summed E-state index contributed by atoms with van der Waals surface area (Å²) in [5.41, 5.74) is 1.78. The molecule has 2 N–H and O–H groups in total. The van der Waals surface area contributed by atoms with Gasteiger partial charge in [0.05, 0.1) is 18.8 Å². The van der Waals surface area contributed by atoms with E-state index in [1.54, 1.807) is 6.07 Å². The van der Waals surface area contributed by atoms with Gasteiger partial charge in [0, 0.05) is 0 Å². The molecule has 2 aromatic rings. The van der Waals surface area contributed by atoms with E-state index in [1.165, 1.54) is 0 Å². The average molecular weight is 314 g/mol. The van der Waals surface area contributed by atoms with E-state index in [-0.39, 0.29) is 6.03 Å². The topological polar surface area (TPSA) is 59.6 Å². The number of aryl methyl sites for hydroxylation is 1. The third-order valence-electron chi connectivity index (χ3n) is 3.08. The molecule has 0 spiro atoms. The molecule has 0 atom stereocenters. The Hall–Kier alpha value is -2.69. The molecule has 0 aromatic heterocycles. The van der Waals surface area contributed by atoms with Crippen molar-refractivity contribution in [2.75, 3.05) is 25.1 Å². The van der Waals surface area contributed by atoms with Crippen LogP contribution < -0.4 is 20.1 Å². The summed E-state index contributed by atoms with van der Waals surface area (Å²) in [5, 5.41) is 5.53. The molecule has 2 rings (SSSR count). The highest BCUT2D eigenvalue weighted by Gasteiger charge is 2.06. The van der Waals surface area contributed by atoms with Gasteiger partial charge in [-0.1, -0.05) is 24.3 Å². The molecule has 0 saturated heterocycles. The second kappa shape index (κ2) is 8.68. The fourth-order valence-electron chi connectivity index (χ4n) is 2.06. The van der Waals surface area contributed by atoms with Crippen LogP contribution in [0.2, 0.25) is 0 Å². The van der Waals surface area contributed by atoms with E-state index in [4.69, 9.17) is 9.47 Å². The molecule has 0 bridgehead atoms. The van der Waals surface area contributed by atoms with Gasteiger partial charge in [0.25, 0.3) is 0 Å². The first-order valence-electron chi connectivity index (χ1n) is 7.65. The number of anilines is 1. The van der Waals surface area contributed by atoms with Gasteiger partial charge in [0.2, 0.25) is 0 Å². The van der Waals surface area contributed by atoms with Crippen LogP contribution >= 0.6 is 0 Å². The van der Waals surface area contributed by atoms with E-state index in [2.05, 4.69) is 10.6 Å². The van der Waals surface area contributed by atoms with Crippen LogP contribution in [0.4, 0.5) is 10.5 Å². The standard InChI is InChI=1S/C18H22N2O3/c1-3-22-17-10-5-4-9-16(17)20-18(21)19-11-12-23-15-8-6-7-14(2)13-15/h4-10,13H,3,11-12H2,1-2H3,(H2,19,20,21). The van der Waals surface area contributed by atoms with Gasteiger partial charge >= 0.3 is 6.03 Å². The molecule has 0 aliphatic heterocycles. The average Bonchev–Trinajstić information content (AvgIpc) is 2.54. The van der Waals surface area contributed by atoms with Crippen LogP contribution in [0.3, 0.4) is 0 Å². The molecule has 2 amide bonds. The molecule has 0 heterocycles. The van der Waals surface area contributed by atoms with Crippen molar-refractivity contribution in [1.29, 1.82) is 0 Å². The van der Waals surface area contributed by atoms with Crippen molar-refractivity contribution >= 4 is 11.7 Å². The third-order valence-corrected chi connectivity index (χ3v) is 3.08. The van der Waals surface area contributed by atoms with Crippen molar-refractivity contribution in [3.05, 3.63) is 54.1 Å². The number of para-hydroxylation sites is 2. The van der Waals surface area contributed by atoms with Gasteiger partial charge < -0.3 is 20.1 Å². The Balaban J connectivity index is 1.75. The van der Waals surface area contributed by atoms with Crippen LogP contribution in [0.25, 0.3) is 0 Å². The zero-order valence-electron chi connectivity index (χ0n) is 13.5. The first kappa shape index (κ1) is 16.7. The van der Waals surface area contributed by atoms with Crippen LogP contribution in [0.1, 0.15) is 12.5 Å². The highest BCUT2D eigenvalue weighted by Crippen LogP contribution is 2.23. The molecule has 122 valence electrons. The minimum absolute atomic E-state index is 0.287.